The first-order chi connectivity index (χ1) is 6.25. The smallest absolute Gasteiger partial charge is 0.248 e. The van der Waals surface area contributed by atoms with E-state index >= 15 is 0 Å². The minimum absolute atomic E-state index is 0.361. The number of nitrogens with two attached hydrogens (primary N) is 1. The molecule has 0 aliphatic heterocycles. The Labute approximate surface area is 78.1 Å². The summed E-state index contributed by atoms with van der Waals surface area (Å²) in [4.78, 5) is 11.0. The van der Waals surface area contributed by atoms with E-state index in [0.717, 1.165) is 18.4 Å². The molecule has 2 nitrogen and oxygen atoms in total. The van der Waals surface area contributed by atoms with Crippen molar-refractivity contribution >= 4 is 5.91 Å². The SMILES string of the molecule is C=CCCc1ccccc1C(N)=O. The molecule has 1 aromatic carbocycles. The Morgan fingerprint density at radius 1 is 1.46 bits per heavy atom. The summed E-state index contributed by atoms with van der Waals surface area (Å²) in [7, 11) is 0. The van der Waals surface area contributed by atoms with E-state index in [4.69, 9.17) is 5.73 Å². The van der Waals surface area contributed by atoms with Gasteiger partial charge in [0.1, 0.15) is 0 Å². The summed E-state index contributed by atoms with van der Waals surface area (Å²) >= 11 is 0. The third kappa shape index (κ3) is 2.44. The summed E-state index contributed by atoms with van der Waals surface area (Å²) in [5.41, 5.74) is 6.83. The number of benzene rings is 1. The van der Waals surface area contributed by atoms with E-state index in [0.29, 0.717) is 5.56 Å². The number of hydrogen-bond donors (Lipinski definition) is 1. The predicted molar refractivity (Wildman–Crippen MR) is 53.5 cm³/mol. The molecule has 0 aromatic heterocycles. The quantitative estimate of drug-likeness (QED) is 0.698. The molecule has 0 saturated carbocycles. The van der Waals surface area contributed by atoms with Crippen LogP contribution in [0.15, 0.2) is 36.9 Å². The summed E-state index contributed by atoms with van der Waals surface area (Å²) in [5, 5.41) is 0. The molecule has 0 atom stereocenters. The average Bonchev–Trinajstić information content (AvgIpc) is 2.15. The lowest BCUT2D eigenvalue weighted by molar-refractivity contribution is 0.0999. The molecular formula is C11H13NO. The monoisotopic (exact) mass is 175 g/mol. The summed E-state index contributed by atoms with van der Waals surface area (Å²) in [6.45, 7) is 3.63. The lowest BCUT2D eigenvalue weighted by atomic mass is 10.0. The summed E-state index contributed by atoms with van der Waals surface area (Å²) < 4.78 is 0. The number of amides is 1. The highest BCUT2D eigenvalue weighted by molar-refractivity contribution is 5.94. The van der Waals surface area contributed by atoms with Gasteiger partial charge in [0.2, 0.25) is 5.91 Å². The first-order valence-electron chi connectivity index (χ1n) is 4.24. The standard InChI is InChI=1S/C11H13NO/c1-2-3-6-9-7-4-5-8-10(9)11(12)13/h2,4-5,7-8H,1,3,6H2,(H2,12,13). The van der Waals surface area contributed by atoms with Crippen molar-refractivity contribution < 1.29 is 4.79 Å². The van der Waals surface area contributed by atoms with E-state index in [2.05, 4.69) is 6.58 Å². The topological polar surface area (TPSA) is 43.1 Å². The highest BCUT2D eigenvalue weighted by Gasteiger charge is 2.04. The zero-order valence-electron chi connectivity index (χ0n) is 7.49. The van der Waals surface area contributed by atoms with E-state index < -0.39 is 0 Å². The number of hydrogen-bond acceptors (Lipinski definition) is 1. The summed E-state index contributed by atoms with van der Waals surface area (Å²) in [5.74, 6) is -0.361. The minimum Gasteiger partial charge on any atom is -0.366 e. The Morgan fingerprint density at radius 3 is 2.77 bits per heavy atom. The molecule has 0 radical (unpaired) electrons. The van der Waals surface area contributed by atoms with Crippen molar-refractivity contribution in [3.05, 3.63) is 48.0 Å². The van der Waals surface area contributed by atoms with Gasteiger partial charge in [-0.2, -0.15) is 0 Å². The molecule has 0 aliphatic carbocycles. The third-order valence-corrected chi connectivity index (χ3v) is 1.90. The summed E-state index contributed by atoms with van der Waals surface area (Å²) in [6, 6.07) is 7.40. The number of carbonyl (C=O) groups excluding carboxylic acids is 1. The van der Waals surface area contributed by atoms with Gasteiger partial charge in [0, 0.05) is 5.56 Å². The molecule has 0 fully saturated rings. The van der Waals surface area contributed by atoms with Gasteiger partial charge in [-0.1, -0.05) is 24.3 Å². The van der Waals surface area contributed by atoms with Crippen LogP contribution < -0.4 is 5.73 Å². The van der Waals surface area contributed by atoms with E-state index in [-0.39, 0.29) is 5.91 Å². The molecule has 0 bridgehead atoms. The maximum atomic E-state index is 11.0. The van der Waals surface area contributed by atoms with Crippen molar-refractivity contribution in [2.45, 2.75) is 12.8 Å². The second-order valence-electron chi connectivity index (χ2n) is 2.85. The highest BCUT2D eigenvalue weighted by Crippen LogP contribution is 2.10. The van der Waals surface area contributed by atoms with Gasteiger partial charge in [0.05, 0.1) is 0 Å². The molecule has 1 rings (SSSR count). The highest BCUT2D eigenvalue weighted by atomic mass is 16.1. The maximum Gasteiger partial charge on any atom is 0.248 e. The average molecular weight is 175 g/mol. The van der Waals surface area contributed by atoms with Crippen molar-refractivity contribution in [2.75, 3.05) is 0 Å². The van der Waals surface area contributed by atoms with Crippen molar-refractivity contribution in [2.24, 2.45) is 5.73 Å². The molecule has 0 heterocycles. The Bertz CT molecular complexity index is 318. The fourth-order valence-electron chi connectivity index (χ4n) is 1.24. The van der Waals surface area contributed by atoms with E-state index in [1.54, 1.807) is 6.07 Å². The predicted octanol–water partition coefficient (Wildman–Crippen LogP) is 1.90. The molecule has 2 N–H and O–H groups in total. The largest absolute Gasteiger partial charge is 0.366 e. The van der Waals surface area contributed by atoms with Crippen LogP contribution in [-0.2, 0) is 6.42 Å². The van der Waals surface area contributed by atoms with Crippen molar-refractivity contribution in [1.82, 2.24) is 0 Å². The number of carbonyl (C=O) groups is 1. The van der Waals surface area contributed by atoms with Gasteiger partial charge in [0.25, 0.3) is 0 Å². The van der Waals surface area contributed by atoms with Gasteiger partial charge in [-0.15, -0.1) is 6.58 Å². The van der Waals surface area contributed by atoms with Gasteiger partial charge in [0.15, 0.2) is 0 Å². The van der Waals surface area contributed by atoms with E-state index in [1.807, 2.05) is 24.3 Å². The van der Waals surface area contributed by atoms with Crippen LogP contribution in [0, 0.1) is 0 Å². The Morgan fingerprint density at radius 2 is 2.15 bits per heavy atom. The van der Waals surface area contributed by atoms with Crippen LogP contribution in [0.4, 0.5) is 0 Å². The molecular weight excluding hydrogens is 162 g/mol. The Kier molecular flexibility index (Phi) is 3.26. The molecule has 2 heteroatoms. The normalized spacial score (nSPS) is 9.54. The molecule has 1 amide bonds. The number of primary amides is 1. The Balaban J connectivity index is 2.90. The van der Waals surface area contributed by atoms with Crippen LogP contribution >= 0.6 is 0 Å². The van der Waals surface area contributed by atoms with Crippen LogP contribution in [0.25, 0.3) is 0 Å². The van der Waals surface area contributed by atoms with Gasteiger partial charge < -0.3 is 5.73 Å². The van der Waals surface area contributed by atoms with Crippen molar-refractivity contribution in [3.63, 3.8) is 0 Å². The maximum absolute atomic E-state index is 11.0. The van der Waals surface area contributed by atoms with Crippen molar-refractivity contribution in [1.29, 1.82) is 0 Å². The molecule has 0 aliphatic rings. The molecule has 0 unspecified atom stereocenters. The molecule has 13 heavy (non-hydrogen) atoms. The van der Waals surface area contributed by atoms with Crippen LogP contribution in [0.3, 0.4) is 0 Å². The second kappa shape index (κ2) is 4.45. The first-order valence-corrected chi connectivity index (χ1v) is 4.24. The van der Waals surface area contributed by atoms with Gasteiger partial charge in [-0.25, -0.2) is 0 Å². The van der Waals surface area contributed by atoms with Gasteiger partial charge in [-0.3, -0.25) is 4.79 Å². The molecule has 0 spiro atoms. The van der Waals surface area contributed by atoms with Crippen molar-refractivity contribution in [3.8, 4) is 0 Å². The molecule has 68 valence electrons. The fourth-order valence-corrected chi connectivity index (χ4v) is 1.24. The minimum atomic E-state index is -0.361. The van der Waals surface area contributed by atoms with Gasteiger partial charge >= 0.3 is 0 Å². The van der Waals surface area contributed by atoms with E-state index in [9.17, 15) is 4.79 Å². The zero-order chi connectivity index (χ0) is 9.68. The van der Waals surface area contributed by atoms with Crippen LogP contribution in [0.2, 0.25) is 0 Å². The Hall–Kier alpha value is -1.57. The molecule has 0 saturated heterocycles. The number of allylic oxidation sites excluding steroid dienone is 1. The lowest BCUT2D eigenvalue weighted by Crippen LogP contribution is -2.13. The summed E-state index contributed by atoms with van der Waals surface area (Å²) in [6.07, 6.45) is 3.52. The second-order valence-corrected chi connectivity index (χ2v) is 2.85. The van der Waals surface area contributed by atoms with Gasteiger partial charge in [-0.05, 0) is 24.5 Å². The number of rotatable bonds is 4. The molecule has 1 aromatic rings. The lowest BCUT2D eigenvalue weighted by Gasteiger charge is -2.03. The van der Waals surface area contributed by atoms with E-state index in [1.165, 1.54) is 0 Å². The van der Waals surface area contributed by atoms with Crippen LogP contribution in [0.5, 0.6) is 0 Å². The third-order valence-electron chi connectivity index (χ3n) is 1.90. The number of aryl methyl sites for hydroxylation is 1. The fraction of sp³-hybridized carbons (Fsp3) is 0.182. The first kappa shape index (κ1) is 9.52. The zero-order valence-corrected chi connectivity index (χ0v) is 7.49. The van der Waals surface area contributed by atoms with Crippen LogP contribution in [-0.4, -0.2) is 5.91 Å². The van der Waals surface area contributed by atoms with Crippen LogP contribution in [0.1, 0.15) is 22.3 Å².